The van der Waals surface area contributed by atoms with E-state index in [9.17, 15) is 32.3 Å². The van der Waals surface area contributed by atoms with Crippen molar-refractivity contribution in [2.24, 2.45) is 5.41 Å². The number of alkyl halides is 3. The highest BCUT2D eigenvalue weighted by Crippen LogP contribution is 2.31. The van der Waals surface area contributed by atoms with E-state index in [2.05, 4.69) is 10.1 Å². The number of aromatic amines is 1. The molecule has 2 aliphatic heterocycles. The molecule has 0 radical (unpaired) electrons. The molecule has 10 nitrogen and oxygen atoms in total. The van der Waals surface area contributed by atoms with Gasteiger partial charge in [-0.2, -0.15) is 18.3 Å². The van der Waals surface area contributed by atoms with Crippen LogP contribution >= 0.6 is 0 Å². The quantitative estimate of drug-likeness (QED) is 0.470. The van der Waals surface area contributed by atoms with Gasteiger partial charge in [0.2, 0.25) is 0 Å². The average Bonchev–Trinajstić information content (AvgIpc) is 3.53. The maximum Gasteiger partial charge on any atom is 0.417 e. The number of ether oxygens (including phenoxy) is 1. The van der Waals surface area contributed by atoms with Gasteiger partial charge in [0.1, 0.15) is 12.4 Å². The van der Waals surface area contributed by atoms with Crippen LogP contribution in [0.4, 0.5) is 18.0 Å². The molecule has 5 rings (SSSR count). The van der Waals surface area contributed by atoms with E-state index in [0.717, 1.165) is 17.2 Å². The van der Waals surface area contributed by atoms with E-state index in [1.807, 2.05) is 0 Å². The Morgan fingerprint density at radius 2 is 1.79 bits per heavy atom. The molecule has 42 heavy (non-hydrogen) atoms. The Balaban J connectivity index is 1.24. The van der Waals surface area contributed by atoms with Crippen LogP contribution < -0.4 is 5.56 Å². The highest BCUT2D eigenvalue weighted by Gasteiger charge is 2.33. The van der Waals surface area contributed by atoms with Gasteiger partial charge in [-0.1, -0.05) is 26.8 Å². The van der Waals surface area contributed by atoms with Crippen molar-refractivity contribution < 1.29 is 36.8 Å². The van der Waals surface area contributed by atoms with Gasteiger partial charge in [-0.05, 0) is 41.3 Å². The van der Waals surface area contributed by atoms with E-state index in [1.165, 1.54) is 4.90 Å². The lowest BCUT2D eigenvalue weighted by Gasteiger charge is -2.25. The maximum atomic E-state index is 13.3. The van der Waals surface area contributed by atoms with Crippen LogP contribution in [0.1, 0.15) is 70.4 Å². The first-order chi connectivity index (χ1) is 19.7. The third-order valence-corrected chi connectivity index (χ3v) is 7.47. The monoisotopic (exact) mass is 586 g/mol. The van der Waals surface area contributed by atoms with Gasteiger partial charge in [-0.15, -0.1) is 0 Å². The number of amides is 2. The fraction of sp³-hybridized carbons (Fsp3) is 0.414. The molecule has 0 aliphatic carbocycles. The van der Waals surface area contributed by atoms with Crippen LogP contribution in [0.15, 0.2) is 39.8 Å². The number of nitrogens with one attached hydrogen (secondary N) is 1. The van der Waals surface area contributed by atoms with Crippen LogP contribution in [0.25, 0.3) is 0 Å². The second kappa shape index (κ2) is 10.8. The Bertz CT molecular complexity index is 1620. The van der Waals surface area contributed by atoms with E-state index in [4.69, 9.17) is 9.26 Å². The minimum absolute atomic E-state index is 0.0501. The summed E-state index contributed by atoms with van der Waals surface area (Å²) in [6.07, 6.45) is -4.59. The second-order valence-electron chi connectivity index (χ2n) is 11.5. The normalized spacial score (nSPS) is 14.9. The SMILES string of the molecule is CC(C)(C)C(=O)Cc1cc(C(F)(F)F)cnc1COC(=O)N1Cc2ccc(C(=O)N3CCc4c(o[nH]c4=O)C3)cc2C1. The molecule has 0 saturated carbocycles. The molecule has 222 valence electrons. The fourth-order valence-corrected chi connectivity index (χ4v) is 4.89. The summed E-state index contributed by atoms with van der Waals surface area (Å²) in [6.45, 7) is 5.53. The zero-order valence-electron chi connectivity index (χ0n) is 23.3. The predicted octanol–water partition coefficient (Wildman–Crippen LogP) is 4.39. The summed E-state index contributed by atoms with van der Waals surface area (Å²) in [4.78, 5) is 57.2. The van der Waals surface area contributed by atoms with Gasteiger partial charge >= 0.3 is 12.3 Å². The topological polar surface area (TPSA) is 126 Å². The number of hydrogen-bond acceptors (Lipinski definition) is 7. The summed E-state index contributed by atoms with van der Waals surface area (Å²) < 4.78 is 50.5. The standard InChI is InChI=1S/C29H29F3N4O6/c1-28(2,3)24(37)10-18-9-20(29(30,31)32)11-33-22(18)15-41-27(40)36-12-17-5-4-16(8-19(17)13-36)26(39)35-7-6-21-23(14-35)42-34-25(21)38/h4-5,8-9,11H,6-7,10,12-15H2,1-3H3,(H,34,38). The van der Waals surface area contributed by atoms with Crippen molar-refractivity contribution in [3.05, 3.63) is 85.7 Å². The first kappa shape index (κ1) is 29.1. The van der Waals surface area contributed by atoms with E-state index < -0.39 is 29.9 Å². The summed E-state index contributed by atoms with van der Waals surface area (Å²) in [5, 5.41) is 2.29. The van der Waals surface area contributed by atoms with Crippen LogP contribution in [0.2, 0.25) is 0 Å². The van der Waals surface area contributed by atoms with E-state index >= 15 is 0 Å². The van der Waals surface area contributed by atoms with Crippen molar-refractivity contribution in [1.82, 2.24) is 19.9 Å². The molecule has 0 spiro atoms. The number of carbonyl (C=O) groups is 3. The first-order valence-electron chi connectivity index (χ1n) is 13.3. The van der Waals surface area contributed by atoms with Crippen molar-refractivity contribution in [2.45, 2.75) is 66.0 Å². The summed E-state index contributed by atoms with van der Waals surface area (Å²) in [5.74, 6) is -0.0821. The highest BCUT2D eigenvalue weighted by molar-refractivity contribution is 5.94. The van der Waals surface area contributed by atoms with Gasteiger partial charge in [0.15, 0.2) is 5.76 Å². The number of benzene rings is 1. The molecule has 0 saturated heterocycles. The van der Waals surface area contributed by atoms with Crippen LogP contribution in [0, 0.1) is 5.41 Å². The molecule has 0 bridgehead atoms. The number of pyridine rings is 1. The van der Waals surface area contributed by atoms with Gasteiger partial charge in [0.25, 0.3) is 11.5 Å². The zero-order valence-corrected chi connectivity index (χ0v) is 23.3. The number of hydrogen-bond donors (Lipinski definition) is 1. The van der Waals surface area contributed by atoms with Crippen molar-refractivity contribution in [3.8, 4) is 0 Å². The number of nitrogens with zero attached hydrogens (tertiary/aromatic N) is 3. The Labute approximate surface area is 238 Å². The molecule has 3 aromatic rings. The summed E-state index contributed by atoms with van der Waals surface area (Å²) in [6, 6.07) is 6.01. The van der Waals surface area contributed by atoms with Crippen LogP contribution in [-0.2, 0) is 54.8 Å². The van der Waals surface area contributed by atoms with E-state index in [-0.39, 0.29) is 54.6 Å². The Morgan fingerprint density at radius 3 is 2.50 bits per heavy atom. The molecule has 2 aromatic heterocycles. The molecule has 0 unspecified atom stereocenters. The molecule has 13 heteroatoms. The number of aromatic nitrogens is 2. The number of carbonyl (C=O) groups excluding carboxylic acids is 3. The van der Waals surface area contributed by atoms with Gasteiger partial charge < -0.3 is 14.2 Å². The Hall–Kier alpha value is -4.42. The fourth-order valence-electron chi connectivity index (χ4n) is 4.89. The molecule has 2 aliphatic rings. The number of halogens is 3. The predicted molar refractivity (Wildman–Crippen MR) is 141 cm³/mol. The third kappa shape index (κ3) is 5.95. The molecule has 1 aromatic carbocycles. The third-order valence-electron chi connectivity index (χ3n) is 7.47. The first-order valence-corrected chi connectivity index (χ1v) is 13.3. The van der Waals surface area contributed by atoms with Crippen molar-refractivity contribution in [3.63, 3.8) is 0 Å². The minimum atomic E-state index is -4.64. The lowest BCUT2D eigenvalue weighted by molar-refractivity contribution is -0.138. The van der Waals surface area contributed by atoms with Gasteiger partial charge in [0.05, 0.1) is 23.4 Å². The Kier molecular flexibility index (Phi) is 7.46. The molecule has 4 heterocycles. The largest absolute Gasteiger partial charge is 0.443 e. The number of Topliss-reactive ketones (excluding diaryl/α,β-unsaturated/α-hetero) is 1. The van der Waals surface area contributed by atoms with Crippen LogP contribution in [0.3, 0.4) is 0 Å². The number of ketones is 1. The molecule has 1 N–H and O–H groups in total. The van der Waals surface area contributed by atoms with Crippen molar-refractivity contribution >= 4 is 17.8 Å². The molecular weight excluding hydrogens is 557 g/mol. The van der Waals surface area contributed by atoms with Gasteiger partial charge in [-0.3, -0.25) is 24.3 Å². The average molecular weight is 587 g/mol. The smallest absolute Gasteiger partial charge is 0.417 e. The molecule has 2 amide bonds. The number of H-pyrrole nitrogens is 1. The van der Waals surface area contributed by atoms with Gasteiger partial charge in [-0.25, -0.2) is 4.79 Å². The van der Waals surface area contributed by atoms with E-state index in [0.29, 0.717) is 36.0 Å². The van der Waals surface area contributed by atoms with E-state index in [1.54, 1.807) is 43.9 Å². The lowest BCUT2D eigenvalue weighted by atomic mass is 9.86. The van der Waals surface area contributed by atoms with Crippen LogP contribution in [0.5, 0.6) is 0 Å². The van der Waals surface area contributed by atoms with Crippen molar-refractivity contribution in [1.29, 1.82) is 0 Å². The summed E-state index contributed by atoms with van der Waals surface area (Å²) >= 11 is 0. The van der Waals surface area contributed by atoms with Gasteiger partial charge in [0, 0.05) is 43.2 Å². The molecular formula is C29H29F3N4O6. The van der Waals surface area contributed by atoms with Crippen molar-refractivity contribution in [2.75, 3.05) is 6.54 Å². The summed E-state index contributed by atoms with van der Waals surface area (Å²) in [5.41, 5.74) is 0.614. The number of rotatable bonds is 5. The Morgan fingerprint density at radius 1 is 1.05 bits per heavy atom. The maximum absolute atomic E-state index is 13.3. The lowest BCUT2D eigenvalue weighted by Crippen LogP contribution is -2.36. The second-order valence-corrected chi connectivity index (χ2v) is 11.5. The zero-order chi connectivity index (χ0) is 30.4. The highest BCUT2D eigenvalue weighted by atomic mass is 19.4. The van der Waals surface area contributed by atoms with Crippen LogP contribution in [-0.4, -0.2) is 44.3 Å². The molecule has 0 atom stereocenters. The molecule has 0 fully saturated rings. The minimum Gasteiger partial charge on any atom is -0.443 e. The summed E-state index contributed by atoms with van der Waals surface area (Å²) in [7, 11) is 0. The number of fused-ring (bicyclic) bond motifs is 2.